The first kappa shape index (κ1) is 26.2. The maximum absolute atomic E-state index is 13.3. The second kappa shape index (κ2) is 11.4. The molecule has 2 amide bonds. The number of nitrogens with zero attached hydrogens (tertiary/aromatic N) is 2. The first-order valence-electron chi connectivity index (χ1n) is 10.3. The van der Waals surface area contributed by atoms with Gasteiger partial charge < -0.3 is 5.32 Å². The van der Waals surface area contributed by atoms with E-state index < -0.39 is 22.5 Å². The Bertz CT molecular complexity index is 1360. The average molecular weight is 533 g/mol. The molecule has 0 unspecified atom stereocenters. The van der Waals surface area contributed by atoms with E-state index in [1.807, 2.05) is 0 Å². The Labute approximate surface area is 213 Å². The molecule has 0 spiro atoms. The van der Waals surface area contributed by atoms with Gasteiger partial charge in [0.1, 0.15) is 6.54 Å². The molecular weight excluding hydrogens is 511 g/mol. The molecule has 0 aliphatic heterocycles. The van der Waals surface area contributed by atoms with Crippen molar-refractivity contribution in [2.75, 3.05) is 16.2 Å². The van der Waals surface area contributed by atoms with Crippen LogP contribution in [0.2, 0.25) is 10.0 Å². The number of rotatable bonds is 8. The van der Waals surface area contributed by atoms with Gasteiger partial charge in [0.15, 0.2) is 0 Å². The maximum atomic E-state index is 13.3. The van der Waals surface area contributed by atoms with Crippen LogP contribution in [0.1, 0.15) is 19.4 Å². The maximum Gasteiger partial charge on any atom is 0.264 e. The highest BCUT2D eigenvalue weighted by Gasteiger charge is 2.27. The summed E-state index contributed by atoms with van der Waals surface area (Å²) in [6.45, 7) is 2.55. The molecule has 0 aliphatic rings. The van der Waals surface area contributed by atoms with Crippen molar-refractivity contribution in [2.24, 2.45) is 5.10 Å². The minimum Gasteiger partial charge on any atom is -0.326 e. The third-order valence-corrected chi connectivity index (χ3v) is 7.31. The van der Waals surface area contributed by atoms with Crippen LogP contribution in [0.25, 0.3) is 0 Å². The first-order valence-corrected chi connectivity index (χ1v) is 12.5. The van der Waals surface area contributed by atoms with Crippen molar-refractivity contribution < 1.29 is 18.0 Å². The average Bonchev–Trinajstić information content (AvgIpc) is 2.83. The number of hydrazone groups is 1. The van der Waals surface area contributed by atoms with Crippen LogP contribution in [0.15, 0.2) is 82.8 Å². The number of carbonyl (C=O) groups excluding carboxylic acids is 2. The number of benzene rings is 3. The van der Waals surface area contributed by atoms with Gasteiger partial charge in [0.05, 0.1) is 26.3 Å². The summed E-state index contributed by atoms with van der Waals surface area (Å²) in [5.41, 5.74) is 4.38. The Morgan fingerprint density at radius 3 is 2.17 bits per heavy atom. The molecule has 0 atom stereocenters. The van der Waals surface area contributed by atoms with E-state index >= 15 is 0 Å². The lowest BCUT2D eigenvalue weighted by Crippen LogP contribution is -2.39. The Morgan fingerprint density at radius 1 is 0.914 bits per heavy atom. The molecule has 0 aromatic heterocycles. The van der Waals surface area contributed by atoms with E-state index in [1.165, 1.54) is 37.3 Å². The molecule has 8 nitrogen and oxygen atoms in total. The summed E-state index contributed by atoms with van der Waals surface area (Å²) >= 11 is 12.1. The lowest BCUT2D eigenvalue weighted by molar-refractivity contribution is -0.119. The summed E-state index contributed by atoms with van der Waals surface area (Å²) in [6, 6.07) is 18.9. The summed E-state index contributed by atoms with van der Waals surface area (Å²) in [7, 11) is -4.10. The number of anilines is 2. The summed E-state index contributed by atoms with van der Waals surface area (Å²) in [5, 5.41) is 7.14. The van der Waals surface area contributed by atoms with Crippen LogP contribution in [0.4, 0.5) is 11.4 Å². The monoisotopic (exact) mass is 532 g/mol. The second-order valence-electron chi connectivity index (χ2n) is 7.41. The van der Waals surface area contributed by atoms with Gasteiger partial charge in [-0.2, -0.15) is 5.10 Å². The number of hydrogen-bond donors (Lipinski definition) is 2. The molecule has 35 heavy (non-hydrogen) atoms. The van der Waals surface area contributed by atoms with E-state index in [9.17, 15) is 18.0 Å². The Hall–Kier alpha value is -3.40. The van der Waals surface area contributed by atoms with Crippen LogP contribution in [0.5, 0.6) is 0 Å². The van der Waals surface area contributed by atoms with Crippen LogP contribution >= 0.6 is 23.2 Å². The molecule has 0 fully saturated rings. The van der Waals surface area contributed by atoms with Gasteiger partial charge in [0.25, 0.3) is 15.9 Å². The van der Waals surface area contributed by atoms with E-state index in [0.717, 1.165) is 4.31 Å². The molecule has 0 heterocycles. The highest BCUT2D eigenvalue weighted by molar-refractivity contribution is 7.92. The normalized spacial score (nSPS) is 11.6. The van der Waals surface area contributed by atoms with Crippen LogP contribution < -0.4 is 15.0 Å². The molecule has 182 valence electrons. The van der Waals surface area contributed by atoms with Gasteiger partial charge in [-0.15, -0.1) is 0 Å². The van der Waals surface area contributed by atoms with Gasteiger partial charge in [-0.1, -0.05) is 53.5 Å². The molecule has 3 aromatic carbocycles. The molecule has 3 aromatic rings. The standard InChI is InChI=1S/C24H22Cl2N4O4S/c1-16(18-8-10-19(11-9-18)27-17(2)31)28-29-24(32)15-30(20-12-13-22(25)23(26)14-20)35(33,34)21-6-4-3-5-7-21/h3-14H,15H2,1-2H3,(H,27,31)(H,29,32)/b28-16-. The summed E-state index contributed by atoms with van der Waals surface area (Å²) < 4.78 is 27.6. The Kier molecular flexibility index (Phi) is 8.50. The molecule has 0 bridgehead atoms. The van der Waals surface area contributed by atoms with E-state index in [2.05, 4.69) is 15.8 Å². The number of halogens is 2. The Balaban J connectivity index is 1.82. The Morgan fingerprint density at radius 2 is 1.57 bits per heavy atom. The van der Waals surface area contributed by atoms with Crippen molar-refractivity contribution in [1.82, 2.24) is 5.43 Å². The predicted molar refractivity (Wildman–Crippen MR) is 139 cm³/mol. The van der Waals surface area contributed by atoms with Gasteiger partial charge in [0, 0.05) is 12.6 Å². The van der Waals surface area contributed by atoms with Crippen LogP contribution in [-0.2, 0) is 19.6 Å². The van der Waals surface area contributed by atoms with Crippen molar-refractivity contribution in [3.05, 3.63) is 88.4 Å². The van der Waals surface area contributed by atoms with E-state index in [0.29, 0.717) is 17.0 Å². The zero-order valence-corrected chi connectivity index (χ0v) is 21.2. The number of sulfonamides is 1. The summed E-state index contributed by atoms with van der Waals surface area (Å²) in [6.07, 6.45) is 0. The third-order valence-electron chi connectivity index (χ3n) is 4.78. The fourth-order valence-corrected chi connectivity index (χ4v) is 4.78. The van der Waals surface area contributed by atoms with Gasteiger partial charge >= 0.3 is 0 Å². The fourth-order valence-electron chi connectivity index (χ4n) is 3.05. The van der Waals surface area contributed by atoms with Gasteiger partial charge in [-0.25, -0.2) is 13.8 Å². The minimum atomic E-state index is -4.10. The van der Waals surface area contributed by atoms with Crippen molar-refractivity contribution in [1.29, 1.82) is 0 Å². The topological polar surface area (TPSA) is 108 Å². The highest BCUT2D eigenvalue weighted by atomic mass is 35.5. The third kappa shape index (κ3) is 6.82. The molecular formula is C24H22Cl2N4O4S. The number of amides is 2. The molecule has 11 heteroatoms. The van der Waals surface area contributed by atoms with Crippen molar-refractivity contribution in [2.45, 2.75) is 18.7 Å². The number of nitrogens with one attached hydrogen (secondary N) is 2. The minimum absolute atomic E-state index is 0.0119. The zero-order valence-electron chi connectivity index (χ0n) is 18.8. The molecule has 0 saturated heterocycles. The van der Waals surface area contributed by atoms with Crippen molar-refractivity contribution >= 4 is 62.1 Å². The first-order chi connectivity index (χ1) is 16.6. The van der Waals surface area contributed by atoms with Gasteiger partial charge in [0.2, 0.25) is 5.91 Å². The van der Waals surface area contributed by atoms with Gasteiger partial charge in [-0.05, 0) is 55.0 Å². The summed E-state index contributed by atoms with van der Waals surface area (Å²) in [4.78, 5) is 23.9. The van der Waals surface area contributed by atoms with Crippen LogP contribution in [0, 0.1) is 0 Å². The largest absolute Gasteiger partial charge is 0.326 e. The lowest BCUT2D eigenvalue weighted by Gasteiger charge is -2.24. The summed E-state index contributed by atoms with van der Waals surface area (Å²) in [5.74, 6) is -0.850. The molecule has 0 radical (unpaired) electrons. The number of carbonyl (C=O) groups is 2. The van der Waals surface area contributed by atoms with Crippen molar-refractivity contribution in [3.8, 4) is 0 Å². The van der Waals surface area contributed by atoms with Gasteiger partial charge in [-0.3, -0.25) is 13.9 Å². The lowest BCUT2D eigenvalue weighted by atomic mass is 10.1. The smallest absolute Gasteiger partial charge is 0.264 e. The molecule has 0 saturated carbocycles. The van der Waals surface area contributed by atoms with Crippen LogP contribution in [0.3, 0.4) is 0 Å². The second-order valence-corrected chi connectivity index (χ2v) is 10.1. The number of hydrogen-bond acceptors (Lipinski definition) is 5. The van der Waals surface area contributed by atoms with E-state index in [-0.39, 0.29) is 26.5 Å². The quantitative estimate of drug-likeness (QED) is 0.324. The molecule has 2 N–H and O–H groups in total. The van der Waals surface area contributed by atoms with Crippen molar-refractivity contribution in [3.63, 3.8) is 0 Å². The zero-order chi connectivity index (χ0) is 25.6. The predicted octanol–water partition coefficient (Wildman–Crippen LogP) is 4.69. The van der Waals surface area contributed by atoms with E-state index in [1.54, 1.807) is 49.4 Å². The molecule has 3 rings (SSSR count). The fraction of sp³-hybridized carbons (Fsp3) is 0.125. The van der Waals surface area contributed by atoms with E-state index in [4.69, 9.17) is 23.2 Å². The van der Waals surface area contributed by atoms with Crippen LogP contribution in [-0.4, -0.2) is 32.5 Å². The highest BCUT2D eigenvalue weighted by Crippen LogP contribution is 2.30. The molecule has 0 aliphatic carbocycles. The SMILES string of the molecule is CC(=O)Nc1ccc(/C(C)=N\NC(=O)CN(c2ccc(Cl)c(Cl)c2)S(=O)(=O)c2ccccc2)cc1.